The highest BCUT2D eigenvalue weighted by Gasteiger charge is 2.29. The number of hydrogen-bond acceptors (Lipinski definition) is 5. The minimum absolute atomic E-state index is 0.0201. The predicted octanol–water partition coefficient (Wildman–Crippen LogP) is 2.04. The molecule has 1 atom stereocenters. The van der Waals surface area contributed by atoms with E-state index in [4.69, 9.17) is 4.52 Å². The van der Waals surface area contributed by atoms with Crippen molar-refractivity contribution in [1.82, 2.24) is 19.9 Å². The molecule has 1 aromatic heterocycles. The molecule has 3 heterocycles. The minimum atomic E-state index is 0.0201. The van der Waals surface area contributed by atoms with Crippen LogP contribution in [0.2, 0.25) is 0 Å². The molecule has 0 radical (unpaired) electrons. The lowest BCUT2D eigenvalue weighted by atomic mass is 10.1. The molecule has 6 heteroatoms. The topological polar surface area (TPSA) is 52.8 Å². The Morgan fingerprint density at radius 1 is 1.21 bits per heavy atom. The number of carbonyl (C=O) groups excluding carboxylic acids is 1. The van der Waals surface area contributed by atoms with Crippen LogP contribution in [0.5, 0.6) is 0 Å². The second kappa shape index (κ2) is 7.66. The Morgan fingerprint density at radius 3 is 2.62 bits per heavy atom. The number of piperazine rings is 1. The molecule has 0 unspecified atom stereocenters. The zero-order chi connectivity index (χ0) is 17.1. The van der Waals surface area contributed by atoms with Gasteiger partial charge in [-0.15, -0.1) is 0 Å². The first-order valence-corrected chi connectivity index (χ1v) is 9.23. The average molecular weight is 334 g/mol. The van der Waals surface area contributed by atoms with Gasteiger partial charge in [-0.05, 0) is 19.9 Å². The van der Waals surface area contributed by atoms with Crippen molar-refractivity contribution >= 4 is 5.91 Å². The van der Waals surface area contributed by atoms with E-state index in [0.717, 1.165) is 51.4 Å². The molecule has 0 N–H and O–H groups in total. The number of hydrogen-bond donors (Lipinski definition) is 0. The summed E-state index contributed by atoms with van der Waals surface area (Å²) >= 11 is 0. The van der Waals surface area contributed by atoms with E-state index < -0.39 is 0 Å². The molecule has 2 saturated heterocycles. The molecule has 2 aliphatic heterocycles. The van der Waals surface area contributed by atoms with Crippen molar-refractivity contribution in [2.45, 2.75) is 45.1 Å². The maximum absolute atomic E-state index is 12.8. The fourth-order valence-corrected chi connectivity index (χ4v) is 3.61. The number of aromatic nitrogens is 1. The lowest BCUT2D eigenvalue weighted by molar-refractivity contribution is 0.0623. The Hall–Kier alpha value is -1.40. The smallest absolute Gasteiger partial charge is 0.276 e. The van der Waals surface area contributed by atoms with Crippen molar-refractivity contribution in [3.8, 4) is 0 Å². The standard InChI is InChI=1S/C18H30N4O2/c1-14(2)17-12-16(19-24-17)18(23)22-7-5-4-6-15(13-22)21-10-8-20(3)9-11-21/h12,14-15H,4-11,13H2,1-3H3/t15-/m1/s1. The zero-order valence-electron chi connectivity index (χ0n) is 15.2. The van der Waals surface area contributed by atoms with E-state index in [1.807, 2.05) is 24.8 Å². The fraction of sp³-hybridized carbons (Fsp3) is 0.778. The summed E-state index contributed by atoms with van der Waals surface area (Å²) < 4.78 is 5.31. The molecule has 0 aromatic carbocycles. The molecule has 24 heavy (non-hydrogen) atoms. The summed E-state index contributed by atoms with van der Waals surface area (Å²) in [6.07, 6.45) is 3.45. The minimum Gasteiger partial charge on any atom is -0.360 e. The van der Waals surface area contributed by atoms with Crippen LogP contribution in [0, 0.1) is 0 Å². The highest BCUT2D eigenvalue weighted by Crippen LogP contribution is 2.21. The Balaban J connectivity index is 1.66. The maximum atomic E-state index is 12.8. The highest BCUT2D eigenvalue weighted by molar-refractivity contribution is 5.92. The van der Waals surface area contributed by atoms with Crippen LogP contribution in [0.15, 0.2) is 10.6 Å². The summed E-state index contributed by atoms with van der Waals surface area (Å²) in [6, 6.07) is 2.28. The summed E-state index contributed by atoms with van der Waals surface area (Å²) in [6.45, 7) is 10.2. The first-order chi connectivity index (χ1) is 11.5. The maximum Gasteiger partial charge on any atom is 0.276 e. The molecule has 0 aliphatic carbocycles. The summed E-state index contributed by atoms with van der Waals surface area (Å²) in [5.74, 6) is 1.05. The largest absolute Gasteiger partial charge is 0.360 e. The number of carbonyl (C=O) groups is 1. The van der Waals surface area contributed by atoms with Gasteiger partial charge in [0, 0.05) is 57.3 Å². The second-order valence-electron chi connectivity index (χ2n) is 7.51. The first kappa shape index (κ1) is 17.4. The van der Waals surface area contributed by atoms with Gasteiger partial charge in [0.1, 0.15) is 5.76 Å². The fourth-order valence-electron chi connectivity index (χ4n) is 3.61. The van der Waals surface area contributed by atoms with E-state index >= 15 is 0 Å². The Labute approximate surface area is 144 Å². The van der Waals surface area contributed by atoms with E-state index in [-0.39, 0.29) is 11.8 Å². The van der Waals surface area contributed by atoms with Crippen LogP contribution in [0.3, 0.4) is 0 Å². The molecule has 3 rings (SSSR count). The predicted molar refractivity (Wildman–Crippen MR) is 93.2 cm³/mol. The second-order valence-corrected chi connectivity index (χ2v) is 7.51. The van der Waals surface area contributed by atoms with Gasteiger partial charge in [-0.3, -0.25) is 9.69 Å². The van der Waals surface area contributed by atoms with Crippen LogP contribution >= 0.6 is 0 Å². The van der Waals surface area contributed by atoms with Crippen molar-refractivity contribution in [2.24, 2.45) is 0 Å². The third-order valence-electron chi connectivity index (χ3n) is 5.30. The zero-order valence-corrected chi connectivity index (χ0v) is 15.2. The van der Waals surface area contributed by atoms with Crippen molar-refractivity contribution in [3.63, 3.8) is 0 Å². The van der Waals surface area contributed by atoms with Gasteiger partial charge >= 0.3 is 0 Å². The molecule has 134 valence electrons. The number of nitrogens with zero attached hydrogens (tertiary/aromatic N) is 4. The average Bonchev–Trinajstić information content (AvgIpc) is 2.94. The van der Waals surface area contributed by atoms with Crippen LogP contribution in [0.1, 0.15) is 55.3 Å². The van der Waals surface area contributed by atoms with Crippen molar-refractivity contribution in [1.29, 1.82) is 0 Å². The van der Waals surface area contributed by atoms with Gasteiger partial charge in [-0.2, -0.15) is 0 Å². The van der Waals surface area contributed by atoms with Crippen LogP contribution in [-0.2, 0) is 0 Å². The molecule has 0 saturated carbocycles. The van der Waals surface area contributed by atoms with Crippen molar-refractivity contribution in [3.05, 3.63) is 17.5 Å². The monoisotopic (exact) mass is 334 g/mol. The van der Waals surface area contributed by atoms with E-state index in [1.165, 1.54) is 12.8 Å². The van der Waals surface area contributed by atoms with Gasteiger partial charge in [0.2, 0.25) is 0 Å². The van der Waals surface area contributed by atoms with E-state index in [2.05, 4.69) is 22.0 Å². The van der Waals surface area contributed by atoms with Crippen LogP contribution in [0.4, 0.5) is 0 Å². The highest BCUT2D eigenvalue weighted by atomic mass is 16.5. The molecule has 1 amide bonds. The van der Waals surface area contributed by atoms with Gasteiger partial charge in [0.25, 0.3) is 5.91 Å². The first-order valence-electron chi connectivity index (χ1n) is 9.23. The number of rotatable bonds is 3. The summed E-state index contributed by atoms with van der Waals surface area (Å²) in [4.78, 5) is 19.8. The number of likely N-dealkylation sites (N-methyl/N-ethyl adjacent to an activating group) is 1. The Kier molecular flexibility index (Phi) is 5.56. The summed E-state index contributed by atoms with van der Waals surface area (Å²) in [5, 5.41) is 4.00. The van der Waals surface area contributed by atoms with Crippen molar-refractivity contribution in [2.75, 3.05) is 46.3 Å². The molecular formula is C18H30N4O2. The molecule has 1 aromatic rings. The lowest BCUT2D eigenvalue weighted by Gasteiger charge is -2.39. The molecule has 2 aliphatic rings. The van der Waals surface area contributed by atoms with Gasteiger partial charge in [-0.1, -0.05) is 25.4 Å². The summed E-state index contributed by atoms with van der Waals surface area (Å²) in [5.41, 5.74) is 0.456. The SMILES string of the molecule is CC(C)c1cc(C(=O)N2CCCC[C@@H](N3CCN(C)CC3)C2)no1. The molecular weight excluding hydrogens is 304 g/mol. The lowest BCUT2D eigenvalue weighted by Crippen LogP contribution is -2.52. The quantitative estimate of drug-likeness (QED) is 0.847. The van der Waals surface area contributed by atoms with Gasteiger partial charge in [0.15, 0.2) is 5.69 Å². The Morgan fingerprint density at radius 2 is 1.96 bits per heavy atom. The van der Waals surface area contributed by atoms with E-state index in [9.17, 15) is 4.79 Å². The summed E-state index contributed by atoms with van der Waals surface area (Å²) in [7, 11) is 2.18. The van der Waals surface area contributed by atoms with Gasteiger partial charge in [-0.25, -0.2) is 0 Å². The van der Waals surface area contributed by atoms with E-state index in [0.29, 0.717) is 11.7 Å². The number of likely N-dealkylation sites (tertiary alicyclic amines) is 1. The third-order valence-corrected chi connectivity index (χ3v) is 5.30. The number of amides is 1. The third kappa shape index (κ3) is 3.98. The van der Waals surface area contributed by atoms with Crippen molar-refractivity contribution < 1.29 is 9.32 Å². The molecule has 0 bridgehead atoms. The van der Waals surface area contributed by atoms with Gasteiger partial charge < -0.3 is 14.3 Å². The van der Waals surface area contributed by atoms with Crippen LogP contribution in [0.25, 0.3) is 0 Å². The normalized spacial score (nSPS) is 24.3. The Bertz CT molecular complexity index is 549. The van der Waals surface area contributed by atoms with E-state index in [1.54, 1.807) is 0 Å². The molecule has 6 nitrogen and oxygen atoms in total. The van der Waals surface area contributed by atoms with Crippen LogP contribution in [-0.4, -0.2) is 78.1 Å². The van der Waals surface area contributed by atoms with Crippen LogP contribution < -0.4 is 0 Å². The molecule has 2 fully saturated rings. The molecule has 0 spiro atoms. The van der Waals surface area contributed by atoms with Gasteiger partial charge in [0.05, 0.1) is 0 Å².